The van der Waals surface area contributed by atoms with Crippen molar-refractivity contribution in [1.29, 1.82) is 0 Å². The number of anilines is 2. The highest BCUT2D eigenvalue weighted by Crippen LogP contribution is 2.23. The number of hydrogen-bond donors (Lipinski definition) is 2. The number of nitrogens with one attached hydrogen (secondary N) is 1. The zero-order valence-electron chi connectivity index (χ0n) is 9.64. The second-order valence-corrected chi connectivity index (χ2v) is 4.52. The molecule has 0 aliphatic carbocycles. The molecule has 1 aromatic heterocycles. The third-order valence-electron chi connectivity index (χ3n) is 2.19. The number of thiazole rings is 1. The maximum Gasteiger partial charge on any atom is 0.123 e. The van der Waals surface area contributed by atoms with Crippen LogP contribution >= 0.6 is 11.3 Å². The van der Waals surface area contributed by atoms with Crippen LogP contribution in [0.3, 0.4) is 0 Å². The standard InChI is InChI=1S/C12H15N3OS/c1-2-16-11-4-9(13)3-10(5-11)15-7-12-6-14-8-17-12/h3-6,8,15H,2,7,13H2,1H3. The molecule has 5 heteroatoms. The van der Waals surface area contributed by atoms with Crippen LogP contribution in [0.15, 0.2) is 29.9 Å². The summed E-state index contributed by atoms with van der Waals surface area (Å²) in [6.07, 6.45) is 1.85. The maximum absolute atomic E-state index is 5.81. The summed E-state index contributed by atoms with van der Waals surface area (Å²) >= 11 is 1.62. The van der Waals surface area contributed by atoms with Gasteiger partial charge in [-0.2, -0.15) is 0 Å². The van der Waals surface area contributed by atoms with Crippen molar-refractivity contribution in [3.05, 3.63) is 34.8 Å². The van der Waals surface area contributed by atoms with Gasteiger partial charge in [-0.1, -0.05) is 0 Å². The third-order valence-corrected chi connectivity index (χ3v) is 2.97. The SMILES string of the molecule is CCOc1cc(N)cc(NCc2cncs2)c1. The zero-order chi connectivity index (χ0) is 12.1. The van der Waals surface area contributed by atoms with E-state index in [2.05, 4.69) is 10.3 Å². The van der Waals surface area contributed by atoms with Crippen LogP contribution in [0.1, 0.15) is 11.8 Å². The van der Waals surface area contributed by atoms with Crippen molar-refractivity contribution in [2.45, 2.75) is 13.5 Å². The van der Waals surface area contributed by atoms with Gasteiger partial charge in [0, 0.05) is 34.6 Å². The van der Waals surface area contributed by atoms with Crippen molar-refractivity contribution in [3.8, 4) is 5.75 Å². The molecule has 0 fully saturated rings. The maximum atomic E-state index is 5.81. The number of benzene rings is 1. The van der Waals surface area contributed by atoms with E-state index in [-0.39, 0.29) is 0 Å². The number of nitrogen functional groups attached to an aromatic ring is 1. The Morgan fingerprint density at radius 1 is 1.41 bits per heavy atom. The van der Waals surface area contributed by atoms with Gasteiger partial charge in [0.05, 0.1) is 18.7 Å². The van der Waals surface area contributed by atoms with Crippen LogP contribution in [0.5, 0.6) is 5.75 Å². The van der Waals surface area contributed by atoms with Crippen molar-refractivity contribution >= 4 is 22.7 Å². The Bertz CT molecular complexity index is 471. The lowest BCUT2D eigenvalue weighted by atomic mass is 10.2. The van der Waals surface area contributed by atoms with Crippen LogP contribution < -0.4 is 15.8 Å². The van der Waals surface area contributed by atoms with Crippen molar-refractivity contribution in [2.24, 2.45) is 0 Å². The molecule has 0 radical (unpaired) electrons. The van der Waals surface area contributed by atoms with Crippen molar-refractivity contribution in [1.82, 2.24) is 4.98 Å². The molecule has 90 valence electrons. The van der Waals surface area contributed by atoms with Crippen LogP contribution in [0.25, 0.3) is 0 Å². The number of rotatable bonds is 5. The molecule has 17 heavy (non-hydrogen) atoms. The molecule has 0 atom stereocenters. The van der Waals surface area contributed by atoms with E-state index in [0.717, 1.165) is 18.0 Å². The molecule has 0 aliphatic rings. The lowest BCUT2D eigenvalue weighted by Crippen LogP contribution is -2.00. The highest BCUT2D eigenvalue weighted by atomic mass is 32.1. The minimum Gasteiger partial charge on any atom is -0.494 e. The predicted octanol–water partition coefficient (Wildman–Crippen LogP) is 2.74. The number of aromatic nitrogens is 1. The van der Waals surface area contributed by atoms with E-state index in [4.69, 9.17) is 10.5 Å². The van der Waals surface area contributed by atoms with E-state index in [0.29, 0.717) is 12.3 Å². The van der Waals surface area contributed by atoms with Crippen LogP contribution in [-0.4, -0.2) is 11.6 Å². The Labute approximate surface area is 104 Å². The van der Waals surface area contributed by atoms with Gasteiger partial charge < -0.3 is 15.8 Å². The number of nitrogens with zero attached hydrogens (tertiary/aromatic N) is 1. The van der Waals surface area contributed by atoms with Crippen LogP contribution in [0, 0.1) is 0 Å². The molecule has 2 rings (SSSR count). The molecule has 0 unspecified atom stereocenters. The Kier molecular flexibility index (Phi) is 3.82. The van der Waals surface area contributed by atoms with Gasteiger partial charge in [-0.3, -0.25) is 4.98 Å². The van der Waals surface area contributed by atoms with Gasteiger partial charge in [-0.25, -0.2) is 0 Å². The predicted molar refractivity (Wildman–Crippen MR) is 71.5 cm³/mol. The molecule has 1 aromatic carbocycles. The number of hydrogen-bond acceptors (Lipinski definition) is 5. The fourth-order valence-electron chi connectivity index (χ4n) is 1.49. The average molecular weight is 249 g/mol. The molecular weight excluding hydrogens is 234 g/mol. The van der Waals surface area contributed by atoms with Gasteiger partial charge in [0.1, 0.15) is 5.75 Å². The summed E-state index contributed by atoms with van der Waals surface area (Å²) in [6.45, 7) is 3.34. The molecular formula is C12H15N3OS. The van der Waals surface area contributed by atoms with Gasteiger partial charge in [-0.05, 0) is 13.0 Å². The smallest absolute Gasteiger partial charge is 0.123 e. The lowest BCUT2D eigenvalue weighted by Gasteiger charge is -2.09. The minimum absolute atomic E-state index is 0.637. The zero-order valence-corrected chi connectivity index (χ0v) is 10.5. The summed E-state index contributed by atoms with van der Waals surface area (Å²) in [6, 6.07) is 5.66. The molecule has 0 bridgehead atoms. The summed E-state index contributed by atoms with van der Waals surface area (Å²) in [7, 11) is 0. The second kappa shape index (κ2) is 5.54. The first-order valence-corrected chi connectivity index (χ1v) is 6.30. The van der Waals surface area contributed by atoms with E-state index in [9.17, 15) is 0 Å². The highest BCUT2D eigenvalue weighted by Gasteiger charge is 2.00. The summed E-state index contributed by atoms with van der Waals surface area (Å²) in [5, 5.41) is 3.30. The molecule has 0 saturated heterocycles. The molecule has 0 amide bonds. The Morgan fingerprint density at radius 2 is 2.29 bits per heavy atom. The van der Waals surface area contributed by atoms with Crippen molar-refractivity contribution < 1.29 is 4.74 Å². The fourth-order valence-corrected chi connectivity index (χ4v) is 2.03. The topological polar surface area (TPSA) is 60.2 Å². The van der Waals surface area contributed by atoms with E-state index < -0.39 is 0 Å². The van der Waals surface area contributed by atoms with Gasteiger partial charge in [-0.15, -0.1) is 11.3 Å². The van der Waals surface area contributed by atoms with Gasteiger partial charge in [0.15, 0.2) is 0 Å². The normalized spacial score (nSPS) is 10.2. The molecule has 0 saturated carbocycles. The van der Waals surface area contributed by atoms with Crippen LogP contribution in [0.2, 0.25) is 0 Å². The van der Waals surface area contributed by atoms with E-state index in [1.165, 1.54) is 4.88 Å². The monoisotopic (exact) mass is 249 g/mol. The third kappa shape index (κ3) is 3.35. The first-order valence-electron chi connectivity index (χ1n) is 5.42. The first-order chi connectivity index (χ1) is 8.28. The molecule has 0 aliphatic heterocycles. The van der Waals surface area contributed by atoms with Gasteiger partial charge in [0.25, 0.3) is 0 Å². The summed E-state index contributed by atoms with van der Waals surface area (Å²) < 4.78 is 5.43. The minimum atomic E-state index is 0.637. The first kappa shape index (κ1) is 11.7. The molecule has 2 aromatic rings. The number of ether oxygens (including phenoxy) is 1. The van der Waals surface area contributed by atoms with Crippen LogP contribution in [-0.2, 0) is 6.54 Å². The molecule has 1 heterocycles. The second-order valence-electron chi connectivity index (χ2n) is 3.55. The van der Waals surface area contributed by atoms with Crippen molar-refractivity contribution in [3.63, 3.8) is 0 Å². The molecule has 3 N–H and O–H groups in total. The Morgan fingerprint density at radius 3 is 3.00 bits per heavy atom. The Hall–Kier alpha value is -1.75. The van der Waals surface area contributed by atoms with E-state index >= 15 is 0 Å². The van der Waals surface area contributed by atoms with Crippen molar-refractivity contribution in [2.75, 3.05) is 17.7 Å². The highest BCUT2D eigenvalue weighted by molar-refractivity contribution is 7.09. The average Bonchev–Trinajstić information content (AvgIpc) is 2.79. The van der Waals surface area contributed by atoms with Gasteiger partial charge >= 0.3 is 0 Å². The fraction of sp³-hybridized carbons (Fsp3) is 0.250. The summed E-state index contributed by atoms with van der Waals surface area (Å²) in [5.41, 5.74) is 9.29. The molecule has 0 spiro atoms. The molecule has 4 nitrogen and oxygen atoms in total. The summed E-state index contributed by atoms with van der Waals surface area (Å²) in [4.78, 5) is 5.21. The summed E-state index contributed by atoms with van der Waals surface area (Å²) in [5.74, 6) is 0.791. The largest absolute Gasteiger partial charge is 0.494 e. The number of nitrogens with two attached hydrogens (primary N) is 1. The van der Waals surface area contributed by atoms with E-state index in [1.807, 2.05) is 36.8 Å². The van der Waals surface area contributed by atoms with Gasteiger partial charge in [0.2, 0.25) is 0 Å². The van der Waals surface area contributed by atoms with Crippen LogP contribution in [0.4, 0.5) is 11.4 Å². The Balaban J connectivity index is 2.04. The lowest BCUT2D eigenvalue weighted by molar-refractivity contribution is 0.340. The quantitative estimate of drug-likeness (QED) is 0.800. The van der Waals surface area contributed by atoms with E-state index in [1.54, 1.807) is 11.3 Å².